The lowest BCUT2D eigenvalue weighted by molar-refractivity contribution is -0.140. The van der Waals surface area contributed by atoms with E-state index in [1.807, 2.05) is 0 Å². The molecule has 0 saturated carbocycles. The molecule has 220 valence electrons. The summed E-state index contributed by atoms with van der Waals surface area (Å²) in [7, 11) is 0. The summed E-state index contributed by atoms with van der Waals surface area (Å²) in [4.78, 5) is 24.4. The minimum absolute atomic E-state index is 0.0332. The Morgan fingerprint density at radius 3 is 1.98 bits per heavy atom. The Bertz CT molecular complexity index is 1280. The summed E-state index contributed by atoms with van der Waals surface area (Å²) in [5.74, 6) is -6.43. The van der Waals surface area contributed by atoms with Crippen molar-refractivity contribution in [3.63, 3.8) is 0 Å². The lowest BCUT2D eigenvalue weighted by Crippen LogP contribution is -2.37. The molecule has 2 rings (SSSR count). The van der Waals surface area contributed by atoms with Crippen molar-refractivity contribution in [2.45, 2.75) is 51.1 Å². The molecule has 1 unspecified atom stereocenters. The van der Waals surface area contributed by atoms with E-state index in [2.05, 4.69) is 0 Å². The number of hydrogen-bond donors (Lipinski definition) is 1. The molecule has 0 aliphatic rings. The molecule has 0 bridgehead atoms. The number of carbonyl (C=O) groups excluding carboxylic acids is 2. The first kappa shape index (κ1) is 33.8. The van der Waals surface area contributed by atoms with Crippen LogP contribution >= 0.6 is 34.8 Å². The second kappa shape index (κ2) is 12.7. The molecule has 1 amide bonds. The number of allylic oxidation sites excluding steroid dienone is 1. The SMILES string of the molecule is C[C@@H](CC(=O)c1ccc(/C(F)=C/C(c2cc(Cl)c(Cl)c(Cl)c2)C(C)(C)F)cc1C(F)(F)F)C(=O)NCC(F)(F)F. The number of rotatable bonds is 9. The Morgan fingerprint density at radius 2 is 1.50 bits per heavy atom. The van der Waals surface area contributed by atoms with Crippen molar-refractivity contribution in [3.8, 4) is 0 Å². The molecule has 0 radical (unpaired) electrons. The van der Waals surface area contributed by atoms with Crippen LogP contribution in [-0.4, -0.2) is 30.1 Å². The van der Waals surface area contributed by atoms with Crippen molar-refractivity contribution in [1.82, 2.24) is 5.32 Å². The van der Waals surface area contributed by atoms with Gasteiger partial charge in [-0.15, -0.1) is 0 Å². The van der Waals surface area contributed by atoms with E-state index >= 15 is 8.78 Å². The van der Waals surface area contributed by atoms with Gasteiger partial charge in [0, 0.05) is 29.4 Å². The maximum absolute atomic E-state index is 15.3. The van der Waals surface area contributed by atoms with Crippen molar-refractivity contribution >= 4 is 52.3 Å². The summed E-state index contributed by atoms with van der Waals surface area (Å²) >= 11 is 17.9. The van der Waals surface area contributed by atoms with Crippen LogP contribution in [0.4, 0.5) is 35.1 Å². The number of ketones is 1. The molecule has 0 aromatic heterocycles. The lowest BCUT2D eigenvalue weighted by Gasteiger charge is -2.25. The van der Waals surface area contributed by atoms with Crippen molar-refractivity contribution in [2.24, 2.45) is 5.92 Å². The Balaban J connectivity index is 2.45. The van der Waals surface area contributed by atoms with Crippen LogP contribution in [0.25, 0.3) is 5.83 Å². The van der Waals surface area contributed by atoms with Gasteiger partial charge in [-0.05, 0) is 43.7 Å². The van der Waals surface area contributed by atoms with Gasteiger partial charge in [0.25, 0.3) is 0 Å². The van der Waals surface area contributed by atoms with Gasteiger partial charge in [0.05, 0.1) is 20.6 Å². The lowest BCUT2D eigenvalue weighted by atomic mass is 9.85. The summed E-state index contributed by atoms with van der Waals surface area (Å²) in [6, 6.07) is 4.35. The van der Waals surface area contributed by atoms with E-state index in [0.29, 0.717) is 12.1 Å². The van der Waals surface area contributed by atoms with E-state index in [0.717, 1.165) is 32.9 Å². The Kier molecular flexibility index (Phi) is 10.7. The van der Waals surface area contributed by atoms with Gasteiger partial charge < -0.3 is 5.32 Å². The highest BCUT2D eigenvalue weighted by molar-refractivity contribution is 6.48. The third kappa shape index (κ3) is 9.07. The number of nitrogens with one attached hydrogen (secondary N) is 1. The molecule has 0 fully saturated rings. The maximum atomic E-state index is 15.3. The van der Waals surface area contributed by atoms with Crippen LogP contribution in [0.1, 0.15) is 60.2 Å². The number of benzene rings is 2. The number of amides is 1. The van der Waals surface area contributed by atoms with Crippen LogP contribution in [-0.2, 0) is 11.0 Å². The summed E-state index contributed by atoms with van der Waals surface area (Å²) < 4.78 is 109. The molecule has 1 N–H and O–H groups in total. The fraction of sp³-hybridized carbons (Fsp3) is 0.385. The zero-order valence-electron chi connectivity index (χ0n) is 21.0. The number of carbonyl (C=O) groups is 2. The minimum Gasteiger partial charge on any atom is -0.347 e. The van der Waals surface area contributed by atoms with Crippen molar-refractivity contribution in [3.05, 3.63) is 73.7 Å². The highest BCUT2D eigenvalue weighted by Gasteiger charge is 2.37. The predicted octanol–water partition coefficient (Wildman–Crippen LogP) is 9.40. The second-order valence-corrected chi connectivity index (χ2v) is 10.7. The molecule has 0 heterocycles. The van der Waals surface area contributed by atoms with Gasteiger partial charge in [0.1, 0.15) is 18.0 Å². The molecule has 0 saturated heterocycles. The molecule has 14 heteroatoms. The molecule has 0 aliphatic heterocycles. The predicted molar refractivity (Wildman–Crippen MR) is 137 cm³/mol. The quantitative estimate of drug-likeness (QED) is 0.169. The number of halogens is 11. The molecule has 2 atom stereocenters. The van der Waals surface area contributed by atoms with Crippen LogP contribution in [0.15, 0.2) is 36.4 Å². The first-order valence-corrected chi connectivity index (χ1v) is 12.5. The first-order chi connectivity index (χ1) is 18.1. The monoisotopic (exact) mass is 637 g/mol. The van der Waals surface area contributed by atoms with E-state index < -0.39 is 77.0 Å². The maximum Gasteiger partial charge on any atom is 0.417 e. The molecule has 3 nitrogen and oxygen atoms in total. The van der Waals surface area contributed by atoms with E-state index in [-0.39, 0.29) is 20.6 Å². The van der Waals surface area contributed by atoms with E-state index in [9.17, 15) is 35.9 Å². The fourth-order valence-corrected chi connectivity index (χ4v) is 4.31. The Hall–Kier alpha value is -2.37. The molecule has 2 aromatic carbocycles. The van der Waals surface area contributed by atoms with Crippen LogP contribution in [0, 0.1) is 5.92 Å². The van der Waals surface area contributed by atoms with E-state index in [1.165, 1.54) is 12.1 Å². The van der Waals surface area contributed by atoms with Gasteiger partial charge in [-0.1, -0.05) is 53.9 Å². The molecule has 40 heavy (non-hydrogen) atoms. The van der Waals surface area contributed by atoms with E-state index in [4.69, 9.17) is 34.8 Å². The third-order valence-corrected chi connectivity index (χ3v) is 6.92. The largest absolute Gasteiger partial charge is 0.417 e. The topological polar surface area (TPSA) is 46.2 Å². The van der Waals surface area contributed by atoms with Gasteiger partial charge in [-0.3, -0.25) is 9.59 Å². The first-order valence-electron chi connectivity index (χ1n) is 11.4. The number of hydrogen-bond acceptors (Lipinski definition) is 2. The summed E-state index contributed by atoms with van der Waals surface area (Å²) in [5.41, 5.74) is -5.17. The fourth-order valence-electron chi connectivity index (χ4n) is 3.70. The summed E-state index contributed by atoms with van der Waals surface area (Å²) in [6.07, 6.45) is -9.99. The standard InChI is InChI=1S/C26H22Cl3F8NO2/c1-12(23(40)38-11-25(32,33)34)6-21(39)15-5-4-13(7-17(15)26(35,36)37)20(30)10-16(24(2,3)31)14-8-18(27)22(29)19(28)9-14/h4-5,7-10,12,16H,6,11H2,1-3H3,(H,38,40)/b20-10-/t12-,16?/m0/s1. The van der Waals surface area contributed by atoms with Gasteiger partial charge >= 0.3 is 12.4 Å². The average Bonchev–Trinajstić information content (AvgIpc) is 2.81. The zero-order valence-corrected chi connectivity index (χ0v) is 23.3. The van der Waals surface area contributed by atoms with Crippen molar-refractivity contribution in [1.29, 1.82) is 0 Å². The molecule has 0 spiro atoms. The molecule has 2 aromatic rings. The average molecular weight is 639 g/mol. The van der Waals surface area contributed by atoms with Gasteiger partial charge in [0.15, 0.2) is 5.78 Å². The Morgan fingerprint density at radius 1 is 0.950 bits per heavy atom. The highest BCUT2D eigenvalue weighted by atomic mass is 35.5. The van der Waals surface area contributed by atoms with Gasteiger partial charge in [0.2, 0.25) is 5.91 Å². The van der Waals surface area contributed by atoms with Crippen molar-refractivity contribution in [2.75, 3.05) is 6.54 Å². The van der Waals surface area contributed by atoms with Crippen LogP contribution in [0.5, 0.6) is 0 Å². The molecular formula is C26H22Cl3F8NO2. The molecule has 0 aliphatic carbocycles. The van der Waals surface area contributed by atoms with Crippen LogP contribution in [0.3, 0.4) is 0 Å². The summed E-state index contributed by atoms with van der Waals surface area (Å²) in [6.45, 7) is 1.60. The van der Waals surface area contributed by atoms with Gasteiger partial charge in [-0.2, -0.15) is 26.3 Å². The Labute approximate surface area is 239 Å². The van der Waals surface area contributed by atoms with Crippen LogP contribution < -0.4 is 5.32 Å². The smallest absolute Gasteiger partial charge is 0.347 e. The summed E-state index contributed by atoms with van der Waals surface area (Å²) in [5, 5.41) is 1.40. The normalized spacial score (nSPS) is 14.6. The zero-order chi connectivity index (χ0) is 30.8. The number of Topliss-reactive ketones (excluding diaryl/α,β-unsaturated/α-hetero) is 1. The van der Waals surface area contributed by atoms with Crippen LogP contribution in [0.2, 0.25) is 15.1 Å². The van der Waals surface area contributed by atoms with E-state index in [1.54, 1.807) is 5.32 Å². The minimum atomic E-state index is -5.15. The highest BCUT2D eigenvalue weighted by Crippen LogP contribution is 2.41. The molecular weight excluding hydrogens is 617 g/mol. The van der Waals surface area contributed by atoms with Gasteiger partial charge in [-0.25, -0.2) is 8.78 Å². The second-order valence-electron chi connectivity index (χ2n) is 9.47. The number of alkyl halides is 7. The van der Waals surface area contributed by atoms with Crippen molar-refractivity contribution < 1.29 is 44.7 Å². The third-order valence-electron chi connectivity index (χ3n) is 5.72.